The van der Waals surface area contributed by atoms with Crippen LogP contribution in [-0.2, 0) is 11.2 Å². The van der Waals surface area contributed by atoms with Gasteiger partial charge in [-0.3, -0.25) is 0 Å². The van der Waals surface area contributed by atoms with E-state index in [1.54, 1.807) is 0 Å². The second kappa shape index (κ2) is 8.88. The Morgan fingerprint density at radius 3 is 2.53 bits per heavy atom. The van der Waals surface area contributed by atoms with Crippen molar-refractivity contribution in [2.45, 2.75) is 39.2 Å². The Morgan fingerprint density at radius 1 is 1.26 bits per heavy atom. The number of rotatable bonds is 9. The lowest BCUT2D eigenvalue weighted by atomic mass is 10.1. The minimum atomic E-state index is 0.307. The highest BCUT2D eigenvalue weighted by Gasteiger charge is 2.01. The second-order valence-corrected chi connectivity index (χ2v) is 5.13. The Bertz CT molecular complexity index is 378. The summed E-state index contributed by atoms with van der Waals surface area (Å²) in [5.41, 5.74) is 6.60. The van der Waals surface area contributed by atoms with Crippen LogP contribution in [0.3, 0.4) is 0 Å². The van der Waals surface area contributed by atoms with Crippen molar-refractivity contribution in [1.29, 1.82) is 0 Å². The molecule has 1 unspecified atom stereocenters. The van der Waals surface area contributed by atoms with Gasteiger partial charge < -0.3 is 15.2 Å². The summed E-state index contributed by atoms with van der Waals surface area (Å²) in [6.45, 7) is 5.44. The molecule has 1 rings (SSSR count). The highest BCUT2D eigenvalue weighted by Crippen LogP contribution is 2.12. The Hall–Kier alpha value is -1.13. The smallest absolute Gasteiger partial charge is 0.119 e. The molecular weight excluding hydrogens is 258 g/mol. The van der Waals surface area contributed by atoms with E-state index in [1.807, 2.05) is 24.3 Å². The van der Waals surface area contributed by atoms with E-state index in [0.29, 0.717) is 30.7 Å². The Morgan fingerprint density at radius 2 is 1.95 bits per heavy atom. The van der Waals surface area contributed by atoms with Crippen LogP contribution in [0.4, 0.5) is 0 Å². The summed E-state index contributed by atoms with van der Waals surface area (Å²) in [5.74, 6) is 0.846. The summed E-state index contributed by atoms with van der Waals surface area (Å²) in [6, 6.07) is 7.83. The summed E-state index contributed by atoms with van der Waals surface area (Å²) in [4.78, 5) is 0.506. The summed E-state index contributed by atoms with van der Waals surface area (Å²) < 4.78 is 11.2. The van der Waals surface area contributed by atoms with Crippen molar-refractivity contribution in [2.24, 2.45) is 5.73 Å². The van der Waals surface area contributed by atoms with Gasteiger partial charge in [-0.05, 0) is 31.0 Å². The van der Waals surface area contributed by atoms with Gasteiger partial charge in [0.25, 0.3) is 0 Å². The molecule has 0 aliphatic rings. The summed E-state index contributed by atoms with van der Waals surface area (Å²) in [6.07, 6.45) is 3.18. The first-order valence-corrected chi connectivity index (χ1v) is 7.14. The summed E-state index contributed by atoms with van der Waals surface area (Å²) in [7, 11) is 0. The second-order valence-electron chi connectivity index (χ2n) is 4.61. The minimum Gasteiger partial charge on any atom is -0.491 e. The van der Waals surface area contributed by atoms with Crippen molar-refractivity contribution in [3.05, 3.63) is 29.8 Å². The minimum absolute atomic E-state index is 0.307. The van der Waals surface area contributed by atoms with Crippen molar-refractivity contribution >= 4 is 17.2 Å². The Labute approximate surface area is 121 Å². The van der Waals surface area contributed by atoms with Gasteiger partial charge in [-0.1, -0.05) is 37.7 Å². The van der Waals surface area contributed by atoms with Crippen LogP contribution >= 0.6 is 12.2 Å². The van der Waals surface area contributed by atoms with Crippen LogP contribution in [0.5, 0.6) is 5.75 Å². The fraction of sp³-hybridized carbons (Fsp3) is 0.533. The average Bonchev–Trinajstić information content (AvgIpc) is 2.36. The van der Waals surface area contributed by atoms with Gasteiger partial charge in [-0.2, -0.15) is 0 Å². The third-order valence-corrected chi connectivity index (χ3v) is 2.90. The molecule has 0 aromatic heterocycles. The molecule has 4 heteroatoms. The van der Waals surface area contributed by atoms with E-state index in [1.165, 1.54) is 0 Å². The Balaban J connectivity index is 2.24. The third-order valence-electron chi connectivity index (χ3n) is 2.75. The molecule has 0 saturated carbocycles. The summed E-state index contributed by atoms with van der Waals surface area (Å²) in [5, 5.41) is 0. The lowest BCUT2D eigenvalue weighted by Crippen LogP contribution is -2.14. The average molecular weight is 281 g/mol. The van der Waals surface area contributed by atoms with Crippen LogP contribution in [0.15, 0.2) is 24.3 Å². The van der Waals surface area contributed by atoms with Gasteiger partial charge in [0.1, 0.15) is 12.4 Å². The van der Waals surface area contributed by atoms with E-state index in [2.05, 4.69) is 13.8 Å². The van der Waals surface area contributed by atoms with Gasteiger partial charge in [-0.25, -0.2) is 0 Å². The highest BCUT2D eigenvalue weighted by molar-refractivity contribution is 7.80. The molecule has 1 aromatic carbocycles. The standard InChI is InChI=1S/C15H23NO2S/c1-3-4-12(2)17-9-10-18-14-7-5-13(6-8-14)11-15(16)19/h5-8,12H,3-4,9-11H2,1-2H3,(H2,16,19). The molecule has 2 N–H and O–H groups in total. The number of benzene rings is 1. The maximum Gasteiger partial charge on any atom is 0.119 e. The first kappa shape index (κ1) is 15.9. The molecule has 0 aliphatic carbocycles. The molecule has 0 amide bonds. The lowest BCUT2D eigenvalue weighted by Gasteiger charge is -2.12. The molecule has 0 fully saturated rings. The molecule has 0 spiro atoms. The molecule has 3 nitrogen and oxygen atoms in total. The van der Waals surface area contributed by atoms with Gasteiger partial charge in [0, 0.05) is 6.42 Å². The molecule has 19 heavy (non-hydrogen) atoms. The fourth-order valence-corrected chi connectivity index (χ4v) is 1.97. The van der Waals surface area contributed by atoms with Crippen LogP contribution in [0.1, 0.15) is 32.3 Å². The van der Waals surface area contributed by atoms with Crippen LogP contribution in [0.2, 0.25) is 0 Å². The maximum atomic E-state index is 5.62. The van der Waals surface area contributed by atoms with E-state index in [4.69, 9.17) is 27.4 Å². The monoisotopic (exact) mass is 281 g/mol. The molecule has 0 radical (unpaired) electrons. The van der Waals surface area contributed by atoms with Gasteiger partial charge >= 0.3 is 0 Å². The largest absolute Gasteiger partial charge is 0.491 e. The predicted octanol–water partition coefficient (Wildman–Crippen LogP) is 3.10. The molecule has 0 saturated heterocycles. The summed E-state index contributed by atoms with van der Waals surface area (Å²) >= 11 is 4.87. The highest BCUT2D eigenvalue weighted by atomic mass is 32.1. The zero-order valence-corrected chi connectivity index (χ0v) is 12.5. The molecule has 0 aliphatic heterocycles. The number of hydrogen-bond acceptors (Lipinski definition) is 3. The first-order chi connectivity index (χ1) is 9.11. The van der Waals surface area contributed by atoms with Crippen LogP contribution in [-0.4, -0.2) is 24.3 Å². The number of nitrogens with two attached hydrogens (primary N) is 1. The van der Waals surface area contributed by atoms with Gasteiger partial charge in [0.2, 0.25) is 0 Å². The van der Waals surface area contributed by atoms with Gasteiger partial charge in [0.15, 0.2) is 0 Å². The molecule has 0 bridgehead atoms. The van der Waals surface area contributed by atoms with E-state index in [0.717, 1.165) is 24.2 Å². The molecule has 1 atom stereocenters. The number of thiocarbonyl (C=S) groups is 1. The zero-order chi connectivity index (χ0) is 14.1. The SMILES string of the molecule is CCCC(C)OCCOc1ccc(CC(N)=S)cc1. The third kappa shape index (κ3) is 7.13. The number of ether oxygens (including phenoxy) is 2. The van der Waals surface area contributed by atoms with Crippen molar-refractivity contribution in [2.75, 3.05) is 13.2 Å². The van der Waals surface area contributed by atoms with Crippen molar-refractivity contribution in [3.63, 3.8) is 0 Å². The molecule has 0 heterocycles. The zero-order valence-electron chi connectivity index (χ0n) is 11.7. The van der Waals surface area contributed by atoms with Crippen molar-refractivity contribution in [3.8, 4) is 5.75 Å². The molecule has 106 valence electrons. The lowest BCUT2D eigenvalue weighted by molar-refractivity contribution is 0.0395. The fourth-order valence-electron chi connectivity index (χ4n) is 1.80. The van der Waals surface area contributed by atoms with Gasteiger partial charge in [0.05, 0.1) is 17.7 Å². The Kier molecular flexibility index (Phi) is 7.45. The van der Waals surface area contributed by atoms with E-state index < -0.39 is 0 Å². The maximum absolute atomic E-state index is 5.62. The first-order valence-electron chi connectivity index (χ1n) is 6.73. The normalized spacial score (nSPS) is 12.1. The van der Waals surface area contributed by atoms with Crippen LogP contribution in [0.25, 0.3) is 0 Å². The van der Waals surface area contributed by atoms with E-state index in [9.17, 15) is 0 Å². The van der Waals surface area contributed by atoms with Crippen LogP contribution < -0.4 is 10.5 Å². The van der Waals surface area contributed by atoms with E-state index >= 15 is 0 Å². The van der Waals surface area contributed by atoms with Crippen molar-refractivity contribution < 1.29 is 9.47 Å². The van der Waals surface area contributed by atoms with E-state index in [-0.39, 0.29) is 0 Å². The van der Waals surface area contributed by atoms with Crippen LogP contribution in [0, 0.1) is 0 Å². The topological polar surface area (TPSA) is 44.5 Å². The molecular formula is C15H23NO2S. The van der Waals surface area contributed by atoms with Crippen molar-refractivity contribution in [1.82, 2.24) is 0 Å². The number of hydrogen-bond donors (Lipinski definition) is 1. The molecule has 1 aromatic rings. The van der Waals surface area contributed by atoms with Gasteiger partial charge in [-0.15, -0.1) is 0 Å². The predicted molar refractivity (Wildman–Crippen MR) is 82.7 cm³/mol. The quantitative estimate of drug-likeness (QED) is 0.558.